The van der Waals surface area contributed by atoms with Crippen LogP contribution >= 0.6 is 0 Å². The van der Waals surface area contributed by atoms with E-state index in [1.807, 2.05) is 0 Å². The maximum atomic E-state index is 12.5. The predicted molar refractivity (Wildman–Crippen MR) is 53.7 cm³/mol. The van der Waals surface area contributed by atoms with E-state index in [-0.39, 0.29) is 12.2 Å². The van der Waals surface area contributed by atoms with Gasteiger partial charge in [0, 0.05) is 0 Å². The molecule has 0 saturated carbocycles. The lowest BCUT2D eigenvalue weighted by molar-refractivity contribution is -0.138. The predicted octanol–water partition coefficient (Wildman–Crippen LogP) is 1.67. The highest BCUT2D eigenvalue weighted by molar-refractivity contribution is 5.68. The van der Waals surface area contributed by atoms with Crippen LogP contribution in [0.15, 0.2) is 30.3 Å². The number of rotatable bonds is 4. The topological polar surface area (TPSA) is 57.5 Å². The van der Waals surface area contributed by atoms with Gasteiger partial charge in [-0.1, -0.05) is 24.3 Å². The molecule has 1 aromatic carbocycles. The number of hydrogen-bond acceptors (Lipinski definition) is 2. The maximum absolute atomic E-state index is 12.5. The first kappa shape index (κ1) is 11.4. The first-order valence-corrected chi connectivity index (χ1v) is 4.41. The molecule has 2 N–H and O–H groups in total. The fourth-order valence-corrected chi connectivity index (χ4v) is 1.04. The van der Waals surface area contributed by atoms with Crippen LogP contribution in [0.5, 0.6) is 0 Å². The van der Waals surface area contributed by atoms with Crippen molar-refractivity contribution in [2.75, 3.05) is 0 Å². The van der Waals surface area contributed by atoms with Gasteiger partial charge in [-0.25, -0.2) is 4.39 Å². The van der Waals surface area contributed by atoms with E-state index >= 15 is 0 Å². The zero-order valence-corrected chi connectivity index (χ0v) is 7.93. The molecule has 80 valence electrons. The van der Waals surface area contributed by atoms with Crippen LogP contribution in [0.3, 0.4) is 0 Å². The lowest BCUT2D eigenvalue weighted by Gasteiger charge is -2.00. The Morgan fingerprint density at radius 3 is 2.53 bits per heavy atom. The zero-order valence-electron chi connectivity index (χ0n) is 7.93. The molecule has 1 aromatic rings. The van der Waals surface area contributed by atoms with Crippen molar-refractivity contribution in [3.05, 3.63) is 41.7 Å². The molecule has 0 unspecified atom stereocenters. The van der Waals surface area contributed by atoms with Crippen molar-refractivity contribution >= 4 is 12.0 Å². The van der Waals surface area contributed by atoms with Gasteiger partial charge in [0.2, 0.25) is 0 Å². The van der Waals surface area contributed by atoms with Crippen molar-refractivity contribution < 1.29 is 19.4 Å². The van der Waals surface area contributed by atoms with Crippen LogP contribution in [-0.4, -0.2) is 22.3 Å². The van der Waals surface area contributed by atoms with Crippen molar-refractivity contribution in [1.82, 2.24) is 0 Å². The van der Waals surface area contributed by atoms with Gasteiger partial charge in [-0.15, -0.1) is 0 Å². The van der Waals surface area contributed by atoms with Gasteiger partial charge in [-0.05, 0) is 17.7 Å². The summed E-state index contributed by atoms with van der Waals surface area (Å²) in [6, 6.07) is 5.67. The van der Waals surface area contributed by atoms with E-state index in [1.54, 1.807) is 18.2 Å². The summed E-state index contributed by atoms with van der Waals surface area (Å²) in [6.07, 6.45) is 1.55. The molecule has 0 bridgehead atoms. The Bertz CT molecular complexity index is 357. The van der Waals surface area contributed by atoms with E-state index in [4.69, 9.17) is 5.11 Å². The number of aliphatic hydroxyl groups is 1. The van der Waals surface area contributed by atoms with Crippen LogP contribution in [0, 0.1) is 5.82 Å². The van der Waals surface area contributed by atoms with Crippen molar-refractivity contribution in [3.63, 3.8) is 0 Å². The lowest BCUT2D eigenvalue weighted by Crippen LogP contribution is -2.09. The molecule has 0 saturated heterocycles. The quantitative estimate of drug-likeness (QED) is 0.794. The minimum Gasteiger partial charge on any atom is -0.481 e. The third-order valence-electron chi connectivity index (χ3n) is 1.76. The van der Waals surface area contributed by atoms with Crippen molar-refractivity contribution in [3.8, 4) is 0 Å². The van der Waals surface area contributed by atoms with Gasteiger partial charge in [0.25, 0.3) is 0 Å². The normalized spacial score (nSPS) is 12.9. The molecule has 0 amide bonds. The number of carboxylic acid groups (broad SMARTS) is 1. The summed E-state index contributed by atoms with van der Waals surface area (Å²) in [7, 11) is 0. The highest BCUT2D eigenvalue weighted by atomic mass is 19.1. The first-order valence-electron chi connectivity index (χ1n) is 4.41. The monoisotopic (exact) mass is 210 g/mol. The van der Waals surface area contributed by atoms with Gasteiger partial charge < -0.3 is 10.2 Å². The second-order valence-electron chi connectivity index (χ2n) is 3.08. The molecule has 0 aliphatic heterocycles. The van der Waals surface area contributed by atoms with Gasteiger partial charge in [-0.3, -0.25) is 4.79 Å². The maximum Gasteiger partial charge on any atom is 0.306 e. The number of benzene rings is 1. The third-order valence-corrected chi connectivity index (χ3v) is 1.76. The Hall–Kier alpha value is -1.68. The van der Waals surface area contributed by atoms with E-state index in [9.17, 15) is 14.3 Å². The number of halogens is 1. The Morgan fingerprint density at radius 2 is 2.00 bits per heavy atom. The van der Waals surface area contributed by atoms with Gasteiger partial charge >= 0.3 is 5.97 Å². The fourth-order valence-electron chi connectivity index (χ4n) is 1.04. The van der Waals surface area contributed by atoms with Gasteiger partial charge in [-0.2, -0.15) is 0 Å². The molecule has 15 heavy (non-hydrogen) atoms. The van der Waals surface area contributed by atoms with Crippen LogP contribution in [0.4, 0.5) is 4.39 Å². The number of carbonyl (C=O) groups is 1. The summed E-state index contributed by atoms with van der Waals surface area (Å²) >= 11 is 0. The summed E-state index contributed by atoms with van der Waals surface area (Å²) in [5, 5.41) is 17.6. The van der Waals surface area contributed by atoms with E-state index in [2.05, 4.69) is 0 Å². The van der Waals surface area contributed by atoms with E-state index in [0.29, 0.717) is 5.56 Å². The molecular weight excluding hydrogens is 199 g/mol. The molecular formula is C11H11FO3. The SMILES string of the molecule is O=C(O)C[C@@H](O)/C=C/c1ccc(F)cc1. The average Bonchev–Trinajstić information content (AvgIpc) is 2.16. The summed E-state index contributed by atoms with van der Waals surface area (Å²) in [4.78, 5) is 10.2. The van der Waals surface area contributed by atoms with Crippen molar-refractivity contribution in [2.24, 2.45) is 0 Å². The van der Waals surface area contributed by atoms with Crippen LogP contribution in [0.2, 0.25) is 0 Å². The smallest absolute Gasteiger partial charge is 0.306 e. The van der Waals surface area contributed by atoms with Gasteiger partial charge in [0.15, 0.2) is 0 Å². The molecule has 0 radical (unpaired) electrons. The zero-order chi connectivity index (χ0) is 11.3. The standard InChI is InChI=1S/C11H11FO3/c12-9-4-1-8(2-5-9)3-6-10(13)7-11(14)15/h1-6,10,13H,7H2,(H,14,15)/b6-3+/t10-/m0/s1. The molecule has 1 rings (SSSR count). The molecule has 0 heterocycles. The highest BCUT2D eigenvalue weighted by Gasteiger charge is 2.04. The van der Waals surface area contributed by atoms with Crippen LogP contribution in [0.1, 0.15) is 12.0 Å². The minimum atomic E-state index is -1.06. The molecule has 0 aliphatic carbocycles. The second-order valence-corrected chi connectivity index (χ2v) is 3.08. The number of carboxylic acids is 1. The Labute approximate surface area is 86.5 Å². The van der Waals surface area contributed by atoms with Gasteiger partial charge in [0.1, 0.15) is 5.82 Å². The third kappa shape index (κ3) is 4.37. The van der Waals surface area contributed by atoms with Crippen LogP contribution < -0.4 is 0 Å². The second kappa shape index (κ2) is 5.26. The molecule has 0 fully saturated rings. The summed E-state index contributed by atoms with van der Waals surface area (Å²) in [6.45, 7) is 0. The molecule has 0 aromatic heterocycles. The average molecular weight is 210 g/mol. The number of hydrogen-bond donors (Lipinski definition) is 2. The van der Waals surface area contributed by atoms with Crippen LogP contribution in [-0.2, 0) is 4.79 Å². The molecule has 3 nitrogen and oxygen atoms in total. The van der Waals surface area contributed by atoms with E-state index in [0.717, 1.165) is 0 Å². The molecule has 0 aliphatic rings. The summed E-state index contributed by atoms with van der Waals surface area (Å²) in [5.74, 6) is -1.40. The Kier molecular flexibility index (Phi) is 4.00. The minimum absolute atomic E-state index is 0.335. The van der Waals surface area contributed by atoms with E-state index in [1.165, 1.54) is 18.2 Å². The number of aliphatic carboxylic acids is 1. The Balaban J connectivity index is 2.57. The van der Waals surface area contributed by atoms with Gasteiger partial charge in [0.05, 0.1) is 12.5 Å². The van der Waals surface area contributed by atoms with Crippen molar-refractivity contribution in [2.45, 2.75) is 12.5 Å². The Morgan fingerprint density at radius 1 is 1.40 bits per heavy atom. The lowest BCUT2D eigenvalue weighted by atomic mass is 10.1. The highest BCUT2D eigenvalue weighted by Crippen LogP contribution is 2.06. The summed E-state index contributed by atoms with van der Waals surface area (Å²) < 4.78 is 12.5. The largest absolute Gasteiger partial charge is 0.481 e. The van der Waals surface area contributed by atoms with Crippen LogP contribution in [0.25, 0.3) is 6.08 Å². The first-order chi connectivity index (χ1) is 7.08. The molecule has 1 atom stereocenters. The number of aliphatic hydroxyl groups excluding tert-OH is 1. The van der Waals surface area contributed by atoms with E-state index < -0.39 is 12.1 Å². The van der Waals surface area contributed by atoms with Crippen molar-refractivity contribution in [1.29, 1.82) is 0 Å². The fraction of sp³-hybridized carbons (Fsp3) is 0.182. The summed E-state index contributed by atoms with van der Waals surface area (Å²) in [5.41, 5.74) is 0.709. The molecule has 4 heteroatoms. The molecule has 0 spiro atoms.